The highest BCUT2D eigenvalue weighted by molar-refractivity contribution is 5.94. The standard InChI is InChI=1S/C23H32N4O/c1-2-3-4-5-11-24-23(28)26-18-8-9-22-20(15-18)21(16-25-22)17-10-13-27-12-6-7-19(27)14-17/h2,8-9,15-17,19,25H,1,3-7,10-14H2,(H2,24,26,28). The van der Waals surface area contributed by atoms with E-state index >= 15 is 0 Å². The van der Waals surface area contributed by atoms with E-state index in [4.69, 9.17) is 0 Å². The number of urea groups is 1. The van der Waals surface area contributed by atoms with Crippen molar-refractivity contribution in [2.24, 2.45) is 0 Å². The Balaban J connectivity index is 1.40. The summed E-state index contributed by atoms with van der Waals surface area (Å²) >= 11 is 0. The van der Waals surface area contributed by atoms with Gasteiger partial charge in [0.05, 0.1) is 0 Å². The maximum absolute atomic E-state index is 12.2. The molecule has 2 amide bonds. The molecule has 0 saturated carbocycles. The molecule has 2 fully saturated rings. The Bertz CT molecular complexity index is 827. The molecule has 3 N–H and O–H groups in total. The summed E-state index contributed by atoms with van der Waals surface area (Å²) in [4.78, 5) is 18.3. The number of rotatable bonds is 7. The van der Waals surface area contributed by atoms with Gasteiger partial charge >= 0.3 is 6.03 Å². The second-order valence-corrected chi connectivity index (χ2v) is 8.22. The van der Waals surface area contributed by atoms with Crippen molar-refractivity contribution in [3.05, 3.63) is 42.6 Å². The molecule has 0 radical (unpaired) electrons. The normalized spacial score (nSPS) is 22.1. The van der Waals surface area contributed by atoms with Crippen LogP contribution in [0, 0.1) is 0 Å². The van der Waals surface area contributed by atoms with Crippen molar-refractivity contribution in [1.29, 1.82) is 0 Å². The average Bonchev–Trinajstić information content (AvgIpc) is 3.33. The fourth-order valence-corrected chi connectivity index (χ4v) is 4.86. The topological polar surface area (TPSA) is 60.2 Å². The summed E-state index contributed by atoms with van der Waals surface area (Å²) in [6.07, 6.45) is 12.3. The molecular weight excluding hydrogens is 348 g/mol. The number of nitrogens with zero attached hydrogens (tertiary/aromatic N) is 1. The first-order valence-electron chi connectivity index (χ1n) is 10.8. The SMILES string of the molecule is C=CCCCCNC(=O)Nc1ccc2[nH]cc(C3CCN4CCCC4C3)c2c1. The molecule has 28 heavy (non-hydrogen) atoms. The predicted octanol–water partition coefficient (Wildman–Crippen LogP) is 4.99. The van der Waals surface area contributed by atoms with E-state index < -0.39 is 0 Å². The Labute approximate surface area is 167 Å². The second-order valence-electron chi connectivity index (χ2n) is 8.22. The fourth-order valence-electron chi connectivity index (χ4n) is 4.86. The van der Waals surface area contributed by atoms with E-state index in [9.17, 15) is 4.79 Å². The molecule has 2 saturated heterocycles. The van der Waals surface area contributed by atoms with Crippen LogP contribution in [-0.4, -0.2) is 41.6 Å². The van der Waals surface area contributed by atoms with Gasteiger partial charge in [0.15, 0.2) is 0 Å². The number of aromatic amines is 1. The minimum Gasteiger partial charge on any atom is -0.361 e. The minimum absolute atomic E-state index is 0.130. The maximum atomic E-state index is 12.2. The number of benzene rings is 1. The minimum atomic E-state index is -0.130. The van der Waals surface area contributed by atoms with Crippen molar-refractivity contribution in [2.75, 3.05) is 25.0 Å². The number of allylic oxidation sites excluding steroid dienone is 1. The van der Waals surface area contributed by atoms with Crippen LogP contribution in [0.15, 0.2) is 37.1 Å². The lowest BCUT2D eigenvalue weighted by molar-refractivity contribution is 0.181. The van der Waals surface area contributed by atoms with Crippen LogP contribution >= 0.6 is 0 Å². The average molecular weight is 381 g/mol. The number of hydrogen-bond acceptors (Lipinski definition) is 2. The third kappa shape index (κ3) is 4.25. The van der Waals surface area contributed by atoms with E-state index in [0.717, 1.165) is 36.5 Å². The van der Waals surface area contributed by atoms with Gasteiger partial charge in [0, 0.05) is 35.4 Å². The van der Waals surface area contributed by atoms with Gasteiger partial charge < -0.3 is 20.5 Å². The lowest BCUT2D eigenvalue weighted by atomic mass is 9.85. The third-order valence-electron chi connectivity index (χ3n) is 6.35. The number of H-pyrrole nitrogens is 1. The number of fused-ring (bicyclic) bond motifs is 2. The zero-order valence-electron chi connectivity index (χ0n) is 16.7. The Morgan fingerprint density at radius 1 is 1.29 bits per heavy atom. The first kappa shape index (κ1) is 19.1. The van der Waals surface area contributed by atoms with E-state index in [1.807, 2.05) is 12.1 Å². The van der Waals surface area contributed by atoms with Gasteiger partial charge in [-0.25, -0.2) is 4.79 Å². The van der Waals surface area contributed by atoms with Gasteiger partial charge in [0.1, 0.15) is 0 Å². The molecular formula is C23H32N4O. The second kappa shape index (κ2) is 8.82. The summed E-state index contributed by atoms with van der Waals surface area (Å²) in [5.74, 6) is 0.613. The number of amides is 2. The molecule has 0 aliphatic carbocycles. The van der Waals surface area contributed by atoms with E-state index in [1.54, 1.807) is 0 Å². The number of aromatic nitrogens is 1. The number of nitrogens with one attached hydrogen (secondary N) is 3. The van der Waals surface area contributed by atoms with Gasteiger partial charge in [0.2, 0.25) is 0 Å². The lowest BCUT2D eigenvalue weighted by Crippen LogP contribution is -2.37. The van der Waals surface area contributed by atoms with Crippen LogP contribution in [-0.2, 0) is 0 Å². The Kier molecular flexibility index (Phi) is 6.01. The van der Waals surface area contributed by atoms with Crippen molar-refractivity contribution < 1.29 is 4.79 Å². The molecule has 1 aromatic carbocycles. The van der Waals surface area contributed by atoms with Gasteiger partial charge in [-0.05, 0) is 87.7 Å². The highest BCUT2D eigenvalue weighted by atomic mass is 16.2. The van der Waals surface area contributed by atoms with E-state index in [2.05, 4.69) is 45.4 Å². The molecule has 1 aromatic heterocycles. The molecule has 2 atom stereocenters. The van der Waals surface area contributed by atoms with Gasteiger partial charge in [-0.1, -0.05) is 6.08 Å². The Hall–Kier alpha value is -2.27. The van der Waals surface area contributed by atoms with Crippen LogP contribution in [0.4, 0.5) is 10.5 Å². The van der Waals surface area contributed by atoms with Crippen molar-refractivity contribution in [1.82, 2.24) is 15.2 Å². The molecule has 0 bridgehead atoms. The summed E-state index contributed by atoms with van der Waals surface area (Å²) in [6.45, 7) is 6.91. The van der Waals surface area contributed by atoms with Gasteiger partial charge in [0.25, 0.3) is 0 Å². The zero-order chi connectivity index (χ0) is 19.3. The molecule has 3 heterocycles. The fraction of sp³-hybridized carbons (Fsp3) is 0.522. The van der Waals surface area contributed by atoms with Gasteiger partial charge in [-0.3, -0.25) is 0 Å². The lowest BCUT2D eigenvalue weighted by Gasteiger charge is -2.34. The van der Waals surface area contributed by atoms with Crippen molar-refractivity contribution in [2.45, 2.75) is 56.9 Å². The van der Waals surface area contributed by atoms with E-state index in [0.29, 0.717) is 12.5 Å². The zero-order valence-corrected chi connectivity index (χ0v) is 16.7. The number of unbranched alkanes of at least 4 members (excludes halogenated alkanes) is 2. The Morgan fingerprint density at radius 2 is 2.21 bits per heavy atom. The molecule has 2 aliphatic heterocycles. The van der Waals surface area contributed by atoms with E-state index in [-0.39, 0.29) is 6.03 Å². The molecule has 2 aromatic rings. The molecule has 2 unspecified atom stereocenters. The monoisotopic (exact) mass is 380 g/mol. The van der Waals surface area contributed by atoms with Gasteiger partial charge in [-0.2, -0.15) is 0 Å². The largest absolute Gasteiger partial charge is 0.361 e. The number of piperidine rings is 1. The maximum Gasteiger partial charge on any atom is 0.319 e. The highest BCUT2D eigenvalue weighted by Crippen LogP contribution is 2.39. The van der Waals surface area contributed by atoms with Gasteiger partial charge in [-0.15, -0.1) is 6.58 Å². The van der Waals surface area contributed by atoms with Crippen LogP contribution in [0.5, 0.6) is 0 Å². The van der Waals surface area contributed by atoms with Crippen LogP contribution in [0.2, 0.25) is 0 Å². The van der Waals surface area contributed by atoms with Crippen LogP contribution in [0.3, 0.4) is 0 Å². The number of hydrogen-bond donors (Lipinski definition) is 3. The molecule has 150 valence electrons. The van der Waals surface area contributed by atoms with Crippen molar-refractivity contribution >= 4 is 22.6 Å². The summed E-state index contributed by atoms with van der Waals surface area (Å²) < 4.78 is 0. The molecule has 5 heteroatoms. The highest BCUT2D eigenvalue weighted by Gasteiger charge is 2.33. The summed E-state index contributed by atoms with van der Waals surface area (Å²) in [7, 11) is 0. The first-order chi connectivity index (χ1) is 13.7. The summed E-state index contributed by atoms with van der Waals surface area (Å²) in [5, 5.41) is 7.18. The smallest absolute Gasteiger partial charge is 0.319 e. The van der Waals surface area contributed by atoms with E-state index in [1.165, 1.54) is 49.7 Å². The molecule has 4 rings (SSSR count). The van der Waals surface area contributed by atoms with Crippen molar-refractivity contribution in [3.63, 3.8) is 0 Å². The number of carbonyl (C=O) groups excluding carboxylic acids is 1. The predicted molar refractivity (Wildman–Crippen MR) is 116 cm³/mol. The van der Waals surface area contributed by atoms with Crippen LogP contribution < -0.4 is 10.6 Å². The number of carbonyl (C=O) groups is 1. The molecule has 5 nitrogen and oxygen atoms in total. The molecule has 2 aliphatic rings. The summed E-state index contributed by atoms with van der Waals surface area (Å²) in [6, 6.07) is 6.80. The third-order valence-corrected chi connectivity index (χ3v) is 6.35. The molecule has 0 spiro atoms. The first-order valence-corrected chi connectivity index (χ1v) is 10.8. The Morgan fingerprint density at radius 3 is 3.11 bits per heavy atom. The van der Waals surface area contributed by atoms with Crippen LogP contribution in [0.25, 0.3) is 10.9 Å². The number of anilines is 1. The van der Waals surface area contributed by atoms with Crippen molar-refractivity contribution in [3.8, 4) is 0 Å². The quantitative estimate of drug-likeness (QED) is 0.468. The van der Waals surface area contributed by atoms with Crippen LogP contribution in [0.1, 0.15) is 56.4 Å². The summed E-state index contributed by atoms with van der Waals surface area (Å²) in [5.41, 5.74) is 3.42.